The molecule has 37 heavy (non-hydrogen) atoms. The van der Waals surface area contributed by atoms with Gasteiger partial charge in [-0.05, 0) is 33.1 Å². The van der Waals surface area contributed by atoms with Crippen molar-refractivity contribution in [3.8, 4) is 0 Å². The number of unbranched alkanes of at least 4 members (excludes halogenated alkanes) is 23. The molecule has 0 aromatic heterocycles. The first-order valence-corrected chi connectivity index (χ1v) is 17.4. The van der Waals surface area contributed by atoms with E-state index in [1.165, 1.54) is 173 Å². The lowest BCUT2D eigenvalue weighted by Gasteiger charge is -2.35. The van der Waals surface area contributed by atoms with Gasteiger partial charge >= 0.3 is 0 Å². The van der Waals surface area contributed by atoms with Crippen LogP contribution in [-0.4, -0.2) is 28.6 Å². The second-order valence-electron chi connectivity index (χ2n) is 12.5. The van der Waals surface area contributed by atoms with Crippen LogP contribution in [0.5, 0.6) is 0 Å². The summed E-state index contributed by atoms with van der Waals surface area (Å²) in [4.78, 5) is 5.27. The van der Waals surface area contributed by atoms with E-state index in [-0.39, 0.29) is 0 Å². The molecule has 0 aromatic rings. The standard InChI is InChI=1S/C35H70N2/c1-5-7-9-11-13-15-16-17-18-19-20-21-22-24-26-28-30-35-36(32-33-37(35)34(3)4)31-29-27-25-23-14-12-10-8-6-2/h32-35H,5-31H2,1-4H3. The van der Waals surface area contributed by atoms with Crippen LogP contribution < -0.4 is 0 Å². The average molecular weight is 519 g/mol. The van der Waals surface area contributed by atoms with E-state index in [0.29, 0.717) is 12.2 Å². The highest BCUT2D eigenvalue weighted by Crippen LogP contribution is 2.25. The second kappa shape index (κ2) is 25.6. The van der Waals surface area contributed by atoms with Crippen molar-refractivity contribution in [1.29, 1.82) is 0 Å². The smallest absolute Gasteiger partial charge is 0.101 e. The summed E-state index contributed by atoms with van der Waals surface area (Å²) in [6.45, 7) is 10.6. The predicted octanol–water partition coefficient (Wildman–Crippen LogP) is 12.0. The fourth-order valence-electron chi connectivity index (χ4n) is 6.07. The van der Waals surface area contributed by atoms with Crippen molar-refractivity contribution in [1.82, 2.24) is 9.80 Å². The van der Waals surface area contributed by atoms with Gasteiger partial charge in [-0.3, -0.25) is 0 Å². The lowest BCUT2D eigenvalue weighted by atomic mass is 10.0. The van der Waals surface area contributed by atoms with Crippen LogP contribution in [-0.2, 0) is 0 Å². The molecule has 0 aliphatic carbocycles. The molecule has 1 unspecified atom stereocenters. The minimum absolute atomic E-state index is 0.607. The molecule has 0 amide bonds. The maximum atomic E-state index is 2.66. The average Bonchev–Trinajstić information content (AvgIpc) is 3.30. The fourth-order valence-corrected chi connectivity index (χ4v) is 6.07. The molecule has 0 spiro atoms. The Morgan fingerprint density at radius 2 is 0.811 bits per heavy atom. The molecule has 1 aliphatic heterocycles. The number of hydrogen-bond acceptors (Lipinski definition) is 2. The van der Waals surface area contributed by atoms with Crippen molar-refractivity contribution in [3.63, 3.8) is 0 Å². The van der Waals surface area contributed by atoms with Gasteiger partial charge in [0.15, 0.2) is 0 Å². The second-order valence-corrected chi connectivity index (χ2v) is 12.5. The van der Waals surface area contributed by atoms with Crippen molar-refractivity contribution in [2.75, 3.05) is 6.54 Å². The summed E-state index contributed by atoms with van der Waals surface area (Å²) in [5, 5.41) is 0. The Kier molecular flexibility index (Phi) is 23.8. The minimum Gasteiger partial charge on any atom is -0.356 e. The van der Waals surface area contributed by atoms with Crippen LogP contribution in [0.15, 0.2) is 12.4 Å². The van der Waals surface area contributed by atoms with E-state index < -0.39 is 0 Å². The lowest BCUT2D eigenvalue weighted by molar-refractivity contribution is 0.114. The molecule has 1 aliphatic rings. The van der Waals surface area contributed by atoms with Gasteiger partial charge in [-0.2, -0.15) is 0 Å². The van der Waals surface area contributed by atoms with Crippen molar-refractivity contribution in [2.45, 2.75) is 207 Å². The van der Waals surface area contributed by atoms with E-state index in [1.807, 2.05) is 0 Å². The monoisotopic (exact) mass is 519 g/mol. The third kappa shape index (κ3) is 19.1. The van der Waals surface area contributed by atoms with Crippen molar-refractivity contribution in [2.24, 2.45) is 0 Å². The van der Waals surface area contributed by atoms with Crippen LogP contribution in [0.4, 0.5) is 0 Å². The first kappa shape index (κ1) is 34.4. The summed E-state index contributed by atoms with van der Waals surface area (Å²) in [6, 6.07) is 0.607. The topological polar surface area (TPSA) is 6.48 Å². The van der Waals surface area contributed by atoms with Gasteiger partial charge in [-0.1, -0.05) is 162 Å². The maximum Gasteiger partial charge on any atom is 0.101 e. The zero-order valence-electron chi connectivity index (χ0n) is 26.3. The summed E-state index contributed by atoms with van der Waals surface area (Å²) in [6.07, 6.45) is 42.7. The number of hydrogen-bond donors (Lipinski definition) is 0. The summed E-state index contributed by atoms with van der Waals surface area (Å²) in [7, 11) is 0. The van der Waals surface area contributed by atoms with Gasteiger partial charge in [-0.15, -0.1) is 0 Å². The van der Waals surface area contributed by atoms with Crippen LogP contribution >= 0.6 is 0 Å². The minimum atomic E-state index is 0.607. The number of rotatable bonds is 28. The van der Waals surface area contributed by atoms with E-state index in [0.717, 1.165) is 0 Å². The van der Waals surface area contributed by atoms with E-state index in [9.17, 15) is 0 Å². The lowest BCUT2D eigenvalue weighted by Crippen LogP contribution is -2.42. The van der Waals surface area contributed by atoms with Crippen molar-refractivity contribution in [3.05, 3.63) is 12.4 Å². The van der Waals surface area contributed by atoms with Crippen LogP contribution in [0.2, 0.25) is 0 Å². The Morgan fingerprint density at radius 3 is 1.19 bits per heavy atom. The first-order chi connectivity index (χ1) is 18.2. The molecular formula is C35H70N2. The largest absolute Gasteiger partial charge is 0.356 e. The third-order valence-corrected chi connectivity index (χ3v) is 8.59. The van der Waals surface area contributed by atoms with Crippen LogP contribution in [0, 0.1) is 0 Å². The van der Waals surface area contributed by atoms with E-state index in [1.54, 1.807) is 0 Å². The number of nitrogens with zero attached hydrogens (tertiary/aromatic N) is 2. The molecule has 0 bridgehead atoms. The van der Waals surface area contributed by atoms with Crippen molar-refractivity contribution >= 4 is 0 Å². The van der Waals surface area contributed by atoms with Crippen molar-refractivity contribution < 1.29 is 0 Å². The molecule has 0 radical (unpaired) electrons. The van der Waals surface area contributed by atoms with Gasteiger partial charge in [0.1, 0.15) is 6.17 Å². The Balaban J connectivity index is 2.00. The van der Waals surface area contributed by atoms with Gasteiger partial charge < -0.3 is 9.80 Å². The van der Waals surface area contributed by atoms with Crippen LogP contribution in [0.1, 0.15) is 195 Å². The van der Waals surface area contributed by atoms with Gasteiger partial charge in [0.25, 0.3) is 0 Å². The van der Waals surface area contributed by atoms with Gasteiger partial charge in [0.2, 0.25) is 0 Å². The van der Waals surface area contributed by atoms with Gasteiger partial charge in [0.05, 0.1) is 0 Å². The third-order valence-electron chi connectivity index (χ3n) is 8.59. The summed E-state index contributed by atoms with van der Waals surface area (Å²) in [5.41, 5.74) is 0. The highest BCUT2D eigenvalue weighted by molar-refractivity contribution is 4.98. The van der Waals surface area contributed by atoms with E-state index in [4.69, 9.17) is 0 Å². The zero-order valence-corrected chi connectivity index (χ0v) is 26.3. The molecular weight excluding hydrogens is 448 g/mol. The van der Waals surface area contributed by atoms with E-state index in [2.05, 4.69) is 49.9 Å². The fraction of sp³-hybridized carbons (Fsp3) is 0.943. The molecule has 0 saturated carbocycles. The molecule has 0 aromatic carbocycles. The molecule has 0 saturated heterocycles. The molecule has 2 nitrogen and oxygen atoms in total. The molecule has 1 atom stereocenters. The highest BCUT2D eigenvalue weighted by Gasteiger charge is 2.26. The summed E-state index contributed by atoms with van der Waals surface area (Å²) >= 11 is 0. The molecule has 1 heterocycles. The summed E-state index contributed by atoms with van der Waals surface area (Å²) < 4.78 is 0. The maximum absolute atomic E-state index is 2.66. The molecule has 0 N–H and O–H groups in total. The molecule has 1 rings (SSSR count). The van der Waals surface area contributed by atoms with Gasteiger partial charge in [0, 0.05) is 25.0 Å². The first-order valence-electron chi connectivity index (χ1n) is 17.4. The van der Waals surface area contributed by atoms with E-state index >= 15 is 0 Å². The molecule has 0 fully saturated rings. The summed E-state index contributed by atoms with van der Waals surface area (Å²) in [5.74, 6) is 0. The van der Waals surface area contributed by atoms with Gasteiger partial charge in [-0.25, -0.2) is 0 Å². The van der Waals surface area contributed by atoms with Crippen LogP contribution in [0.3, 0.4) is 0 Å². The quantitative estimate of drug-likeness (QED) is 0.0950. The predicted molar refractivity (Wildman–Crippen MR) is 168 cm³/mol. The van der Waals surface area contributed by atoms with Crippen LogP contribution in [0.25, 0.3) is 0 Å². The Morgan fingerprint density at radius 1 is 0.459 bits per heavy atom. The molecule has 2 heteroatoms. The zero-order chi connectivity index (χ0) is 26.8. The SMILES string of the molecule is CCCCCCCCCCCCCCCCCCC1N(CCCCCCCCCCC)C=CN1C(C)C. The Labute approximate surface area is 235 Å². The normalized spacial score (nSPS) is 15.5. The Bertz CT molecular complexity index is 486. The Hall–Kier alpha value is -0.660. The highest BCUT2D eigenvalue weighted by atomic mass is 15.4. The molecule has 220 valence electrons.